The van der Waals surface area contributed by atoms with Gasteiger partial charge in [-0.15, -0.1) is 0 Å². The fourth-order valence-corrected chi connectivity index (χ4v) is 2.81. The van der Waals surface area contributed by atoms with Crippen LogP contribution in [0.25, 0.3) is 23.3 Å². The quantitative estimate of drug-likeness (QED) is 0.293. The van der Waals surface area contributed by atoms with Crippen molar-refractivity contribution in [2.24, 2.45) is 0 Å². The zero-order valence-corrected chi connectivity index (χ0v) is 16.9. The van der Waals surface area contributed by atoms with Crippen molar-refractivity contribution in [3.63, 3.8) is 0 Å². The first-order valence-corrected chi connectivity index (χ1v) is 9.87. The minimum atomic E-state index is 0.782. The van der Waals surface area contributed by atoms with Crippen LogP contribution in [-0.2, 0) is 0 Å². The molecule has 0 bridgehead atoms. The lowest BCUT2D eigenvalue weighted by Crippen LogP contribution is -1.85. The molecule has 0 aliphatic carbocycles. The van der Waals surface area contributed by atoms with E-state index in [1.165, 1.54) is 11.1 Å². The first-order chi connectivity index (χ1) is 14.7. The van der Waals surface area contributed by atoms with Crippen molar-refractivity contribution in [1.29, 1.82) is 0 Å². The lowest BCUT2D eigenvalue weighted by Gasteiger charge is -2.02. The second kappa shape index (κ2) is 11.1. The SMILES string of the molecule is C(/C=C/c1ccccc1)=C\c1ccccc1.Nc1ccc(-c2ccc(N)cc2)cc1. The van der Waals surface area contributed by atoms with Gasteiger partial charge in [-0.25, -0.2) is 0 Å². The molecule has 2 nitrogen and oxygen atoms in total. The Labute approximate surface area is 178 Å². The molecule has 0 spiro atoms. The van der Waals surface area contributed by atoms with Gasteiger partial charge in [-0.3, -0.25) is 0 Å². The number of allylic oxidation sites excluding steroid dienone is 2. The maximum absolute atomic E-state index is 5.61. The average Bonchev–Trinajstić information content (AvgIpc) is 2.80. The number of benzene rings is 4. The summed E-state index contributed by atoms with van der Waals surface area (Å²) in [5, 5.41) is 0. The Morgan fingerprint density at radius 3 is 1.07 bits per heavy atom. The summed E-state index contributed by atoms with van der Waals surface area (Å²) in [6.07, 6.45) is 8.31. The van der Waals surface area contributed by atoms with Crippen molar-refractivity contribution in [2.75, 3.05) is 11.5 Å². The van der Waals surface area contributed by atoms with Crippen molar-refractivity contribution in [1.82, 2.24) is 0 Å². The van der Waals surface area contributed by atoms with E-state index >= 15 is 0 Å². The smallest absolute Gasteiger partial charge is 0.0314 e. The van der Waals surface area contributed by atoms with Gasteiger partial charge < -0.3 is 11.5 Å². The maximum atomic E-state index is 5.61. The third kappa shape index (κ3) is 6.84. The number of hydrogen-bond donors (Lipinski definition) is 2. The van der Waals surface area contributed by atoms with Gasteiger partial charge in [0.05, 0.1) is 0 Å². The summed E-state index contributed by atoms with van der Waals surface area (Å²) in [5.74, 6) is 0. The molecular formula is C28H26N2. The molecule has 0 atom stereocenters. The molecule has 0 fully saturated rings. The molecule has 4 rings (SSSR count). The summed E-state index contributed by atoms with van der Waals surface area (Å²) in [5.41, 5.74) is 17.5. The Kier molecular flexibility index (Phi) is 7.64. The van der Waals surface area contributed by atoms with Crippen molar-refractivity contribution in [3.05, 3.63) is 132 Å². The molecule has 0 aliphatic heterocycles. The van der Waals surface area contributed by atoms with Crippen LogP contribution in [0.3, 0.4) is 0 Å². The van der Waals surface area contributed by atoms with E-state index in [0.717, 1.165) is 22.5 Å². The largest absolute Gasteiger partial charge is 0.399 e. The third-order valence-electron chi connectivity index (χ3n) is 4.44. The first kappa shape index (κ1) is 20.7. The molecule has 0 unspecified atom stereocenters. The minimum Gasteiger partial charge on any atom is -0.399 e. The van der Waals surface area contributed by atoms with E-state index in [1.54, 1.807) is 0 Å². The molecule has 148 valence electrons. The zero-order chi connectivity index (χ0) is 21.0. The molecule has 0 aliphatic rings. The third-order valence-corrected chi connectivity index (χ3v) is 4.44. The standard InChI is InChI=1S/C16H14.C12H12N2/c1-3-9-15(10-4-1)13-7-8-14-16-11-5-2-6-12-16;13-11-5-1-9(2-6-11)10-3-7-12(14)8-4-10/h1-14H;1-8H,13-14H2/b13-7+,14-8+;. The predicted octanol–water partition coefficient (Wildman–Crippen LogP) is 6.93. The van der Waals surface area contributed by atoms with Gasteiger partial charge in [0.25, 0.3) is 0 Å². The van der Waals surface area contributed by atoms with Gasteiger partial charge in [-0.2, -0.15) is 0 Å². The van der Waals surface area contributed by atoms with Gasteiger partial charge in [0.15, 0.2) is 0 Å². The molecule has 4 N–H and O–H groups in total. The van der Waals surface area contributed by atoms with Gasteiger partial charge in [-0.1, -0.05) is 109 Å². The lowest BCUT2D eigenvalue weighted by molar-refractivity contribution is 1.61. The number of hydrogen-bond acceptors (Lipinski definition) is 2. The zero-order valence-electron chi connectivity index (χ0n) is 16.9. The second-order valence-corrected chi connectivity index (χ2v) is 6.78. The highest BCUT2D eigenvalue weighted by Crippen LogP contribution is 2.21. The first-order valence-electron chi connectivity index (χ1n) is 9.87. The minimum absolute atomic E-state index is 0.782. The molecule has 0 saturated heterocycles. The summed E-state index contributed by atoms with van der Waals surface area (Å²) >= 11 is 0. The van der Waals surface area contributed by atoms with Crippen LogP contribution in [0.2, 0.25) is 0 Å². The predicted molar refractivity (Wildman–Crippen MR) is 132 cm³/mol. The molecule has 0 amide bonds. The molecule has 0 aromatic heterocycles. The van der Waals surface area contributed by atoms with E-state index < -0.39 is 0 Å². The van der Waals surface area contributed by atoms with E-state index in [2.05, 4.69) is 48.6 Å². The molecular weight excluding hydrogens is 364 g/mol. The van der Waals surface area contributed by atoms with Gasteiger partial charge in [-0.05, 0) is 46.5 Å². The average molecular weight is 391 g/mol. The summed E-state index contributed by atoms with van der Waals surface area (Å²) in [6, 6.07) is 36.2. The highest BCUT2D eigenvalue weighted by Gasteiger charge is 1.96. The Hall–Kier alpha value is -4.04. The monoisotopic (exact) mass is 390 g/mol. The van der Waals surface area contributed by atoms with Crippen LogP contribution < -0.4 is 11.5 Å². The lowest BCUT2D eigenvalue weighted by atomic mass is 10.1. The molecule has 4 aromatic carbocycles. The number of rotatable bonds is 4. The van der Waals surface area contributed by atoms with Crippen LogP contribution in [0, 0.1) is 0 Å². The number of nitrogen functional groups attached to an aromatic ring is 2. The molecule has 0 radical (unpaired) electrons. The Morgan fingerprint density at radius 2 is 0.733 bits per heavy atom. The van der Waals surface area contributed by atoms with Crippen LogP contribution in [-0.4, -0.2) is 0 Å². The van der Waals surface area contributed by atoms with E-state index in [1.807, 2.05) is 84.9 Å². The van der Waals surface area contributed by atoms with Crippen molar-refractivity contribution < 1.29 is 0 Å². The molecule has 2 heteroatoms. The molecule has 0 heterocycles. The van der Waals surface area contributed by atoms with Crippen LogP contribution in [0.15, 0.2) is 121 Å². The van der Waals surface area contributed by atoms with Gasteiger partial charge in [0, 0.05) is 11.4 Å². The van der Waals surface area contributed by atoms with Crippen LogP contribution >= 0.6 is 0 Å². The van der Waals surface area contributed by atoms with Crippen LogP contribution in [0.4, 0.5) is 11.4 Å². The molecule has 30 heavy (non-hydrogen) atoms. The summed E-state index contributed by atoms with van der Waals surface area (Å²) in [7, 11) is 0. The molecule has 0 saturated carbocycles. The summed E-state index contributed by atoms with van der Waals surface area (Å²) in [6.45, 7) is 0. The highest BCUT2D eigenvalue weighted by atomic mass is 14.5. The van der Waals surface area contributed by atoms with E-state index in [-0.39, 0.29) is 0 Å². The Balaban J connectivity index is 0.000000172. The fraction of sp³-hybridized carbons (Fsp3) is 0. The Bertz CT molecular complexity index is 972. The number of nitrogens with two attached hydrogens (primary N) is 2. The summed E-state index contributed by atoms with van der Waals surface area (Å²) < 4.78 is 0. The van der Waals surface area contributed by atoms with Crippen molar-refractivity contribution in [3.8, 4) is 11.1 Å². The van der Waals surface area contributed by atoms with Crippen LogP contribution in [0.5, 0.6) is 0 Å². The van der Waals surface area contributed by atoms with Crippen molar-refractivity contribution >= 4 is 23.5 Å². The highest BCUT2D eigenvalue weighted by molar-refractivity contribution is 5.67. The van der Waals surface area contributed by atoms with Gasteiger partial charge in [0.1, 0.15) is 0 Å². The van der Waals surface area contributed by atoms with E-state index in [4.69, 9.17) is 11.5 Å². The van der Waals surface area contributed by atoms with Crippen molar-refractivity contribution in [2.45, 2.75) is 0 Å². The second-order valence-electron chi connectivity index (χ2n) is 6.78. The van der Waals surface area contributed by atoms with Gasteiger partial charge in [0.2, 0.25) is 0 Å². The molecule has 4 aromatic rings. The summed E-state index contributed by atoms with van der Waals surface area (Å²) in [4.78, 5) is 0. The fourth-order valence-electron chi connectivity index (χ4n) is 2.81. The van der Waals surface area contributed by atoms with Crippen LogP contribution in [0.1, 0.15) is 11.1 Å². The van der Waals surface area contributed by atoms with Gasteiger partial charge >= 0.3 is 0 Å². The topological polar surface area (TPSA) is 52.0 Å². The number of anilines is 2. The normalized spacial score (nSPS) is 10.7. The van der Waals surface area contributed by atoms with E-state index in [0.29, 0.717) is 0 Å². The Morgan fingerprint density at radius 1 is 0.400 bits per heavy atom. The maximum Gasteiger partial charge on any atom is 0.0314 e. The van der Waals surface area contributed by atoms with E-state index in [9.17, 15) is 0 Å².